The lowest BCUT2D eigenvalue weighted by Crippen LogP contribution is -2.58. The quantitative estimate of drug-likeness (QED) is 0.769. The smallest absolute Gasteiger partial charge is 0.241 e. The van der Waals surface area contributed by atoms with Gasteiger partial charge in [-0.2, -0.15) is 0 Å². The molecular weight excluding hydrogens is 391 g/mol. The van der Waals surface area contributed by atoms with Crippen molar-refractivity contribution >= 4 is 28.2 Å². The van der Waals surface area contributed by atoms with Crippen molar-refractivity contribution in [2.75, 3.05) is 25.9 Å². The van der Waals surface area contributed by atoms with E-state index in [1.807, 2.05) is 0 Å². The van der Waals surface area contributed by atoms with Crippen molar-refractivity contribution in [2.24, 2.45) is 0 Å². The van der Waals surface area contributed by atoms with Crippen molar-refractivity contribution in [1.82, 2.24) is 10.6 Å². The van der Waals surface area contributed by atoms with Gasteiger partial charge in [0.05, 0.1) is 0 Å². The second-order valence-corrected chi connectivity index (χ2v) is 10.0. The van der Waals surface area contributed by atoms with E-state index in [0.29, 0.717) is 32.5 Å². The average molecular weight is 419 g/mol. The maximum atomic E-state index is 13.3. The first-order chi connectivity index (χ1) is 12.3. The molecule has 1 aliphatic heterocycles. The average Bonchev–Trinajstić information content (AvgIpc) is 3.10. The second-order valence-electron chi connectivity index (χ2n) is 7.69. The first kappa shape index (κ1) is 22.1. The summed E-state index contributed by atoms with van der Waals surface area (Å²) in [7, 11) is -3.52. The normalized spacial score (nSPS) is 21.3. The van der Waals surface area contributed by atoms with E-state index in [4.69, 9.17) is 0 Å². The number of hydrogen-bond donors (Lipinski definition) is 2. The molecule has 2 fully saturated rings. The Morgan fingerprint density at radius 2 is 1.67 bits per heavy atom. The zero-order valence-electron chi connectivity index (χ0n) is 15.6. The zero-order valence-corrected chi connectivity index (χ0v) is 17.2. The van der Waals surface area contributed by atoms with Crippen LogP contribution in [0.1, 0.15) is 44.1 Å². The van der Waals surface area contributed by atoms with Crippen LogP contribution < -0.4 is 10.6 Å². The number of piperidine rings is 1. The van der Waals surface area contributed by atoms with Gasteiger partial charge in [0.15, 0.2) is 14.6 Å². The first-order valence-electron chi connectivity index (χ1n) is 9.24. The highest BCUT2D eigenvalue weighted by Crippen LogP contribution is 2.41. The second kappa shape index (κ2) is 8.45. The molecule has 0 radical (unpaired) electrons. The molecule has 1 aromatic rings. The molecule has 1 aliphatic carbocycles. The van der Waals surface area contributed by atoms with E-state index >= 15 is 0 Å². The van der Waals surface area contributed by atoms with Gasteiger partial charge in [0, 0.05) is 18.2 Å². The Morgan fingerprint density at radius 3 is 2.19 bits per heavy atom. The number of nitrogens with one attached hydrogen (secondary N) is 2. The number of carbonyl (C=O) groups is 1. The van der Waals surface area contributed by atoms with Crippen LogP contribution in [0.4, 0.5) is 4.39 Å². The summed E-state index contributed by atoms with van der Waals surface area (Å²) >= 11 is 0. The van der Waals surface area contributed by atoms with Gasteiger partial charge in [0.2, 0.25) is 5.91 Å². The van der Waals surface area contributed by atoms with E-state index in [2.05, 4.69) is 10.6 Å². The molecule has 1 aromatic carbocycles. The maximum Gasteiger partial charge on any atom is 0.241 e. The lowest BCUT2D eigenvalue weighted by atomic mass is 9.78. The summed E-state index contributed by atoms with van der Waals surface area (Å²) in [5, 5.41) is 6.08. The van der Waals surface area contributed by atoms with E-state index in [-0.39, 0.29) is 23.6 Å². The standard InChI is InChI=1S/C19H27FN2O3S.ClH/c1-26(24,25)19(10-12-21-13-11-19)17(23)22-14-18(8-2-3-9-18)15-4-6-16(20)7-5-15;/h4-7,21H,2-3,8-14H2,1H3,(H,22,23);1H. The minimum atomic E-state index is -3.52. The first-order valence-corrected chi connectivity index (χ1v) is 11.1. The molecule has 0 atom stereocenters. The summed E-state index contributed by atoms with van der Waals surface area (Å²) in [6.07, 6.45) is 5.66. The molecule has 152 valence electrons. The molecule has 1 amide bonds. The molecule has 1 heterocycles. The molecule has 0 unspecified atom stereocenters. The van der Waals surface area contributed by atoms with Gasteiger partial charge >= 0.3 is 0 Å². The predicted octanol–water partition coefficient (Wildman–Crippen LogP) is 2.34. The van der Waals surface area contributed by atoms with Crippen LogP contribution in [0.3, 0.4) is 0 Å². The summed E-state index contributed by atoms with van der Waals surface area (Å²) in [5.41, 5.74) is 0.769. The number of halogens is 2. The predicted molar refractivity (Wildman–Crippen MR) is 106 cm³/mol. The van der Waals surface area contributed by atoms with E-state index in [1.165, 1.54) is 12.1 Å². The van der Waals surface area contributed by atoms with Crippen LogP contribution in [0.2, 0.25) is 0 Å². The molecule has 0 bridgehead atoms. The lowest BCUT2D eigenvalue weighted by Gasteiger charge is -2.36. The molecule has 5 nitrogen and oxygen atoms in total. The van der Waals surface area contributed by atoms with Gasteiger partial charge in [-0.15, -0.1) is 12.4 Å². The Kier molecular flexibility index (Phi) is 6.92. The Labute approximate surface area is 166 Å². The number of benzene rings is 1. The third kappa shape index (κ3) is 4.30. The Morgan fingerprint density at radius 1 is 1.11 bits per heavy atom. The highest BCUT2D eigenvalue weighted by atomic mass is 35.5. The zero-order chi connectivity index (χ0) is 18.8. The number of amides is 1. The molecule has 0 aromatic heterocycles. The molecule has 8 heteroatoms. The van der Waals surface area contributed by atoms with Gasteiger partial charge in [-0.05, 0) is 56.5 Å². The van der Waals surface area contributed by atoms with Crippen LogP contribution in [0.15, 0.2) is 24.3 Å². The van der Waals surface area contributed by atoms with Crippen molar-refractivity contribution in [2.45, 2.75) is 48.7 Å². The fourth-order valence-electron chi connectivity index (χ4n) is 4.43. The van der Waals surface area contributed by atoms with Crippen molar-refractivity contribution in [3.05, 3.63) is 35.6 Å². The van der Waals surface area contributed by atoms with Gasteiger partial charge < -0.3 is 10.6 Å². The highest BCUT2D eigenvalue weighted by molar-refractivity contribution is 7.92. The van der Waals surface area contributed by atoms with E-state index < -0.39 is 20.5 Å². The van der Waals surface area contributed by atoms with Crippen LogP contribution in [0.5, 0.6) is 0 Å². The Hall–Kier alpha value is -1.18. The van der Waals surface area contributed by atoms with Gasteiger partial charge in [0.25, 0.3) is 0 Å². The van der Waals surface area contributed by atoms with Crippen molar-refractivity contribution < 1.29 is 17.6 Å². The molecule has 1 saturated heterocycles. The molecule has 1 saturated carbocycles. The number of rotatable bonds is 5. The number of sulfone groups is 1. The maximum absolute atomic E-state index is 13.3. The van der Waals surface area contributed by atoms with E-state index in [9.17, 15) is 17.6 Å². The largest absolute Gasteiger partial charge is 0.354 e. The summed E-state index contributed by atoms with van der Waals surface area (Å²) in [5.74, 6) is -0.674. The topological polar surface area (TPSA) is 75.3 Å². The fourth-order valence-corrected chi connectivity index (χ4v) is 5.78. The minimum absolute atomic E-state index is 0. The highest BCUT2D eigenvalue weighted by Gasteiger charge is 2.49. The Bertz CT molecular complexity index is 756. The van der Waals surface area contributed by atoms with Crippen LogP contribution in [-0.4, -0.2) is 45.0 Å². The van der Waals surface area contributed by atoms with E-state index in [0.717, 1.165) is 37.5 Å². The summed E-state index contributed by atoms with van der Waals surface area (Å²) in [4.78, 5) is 13.0. The van der Waals surface area contributed by atoms with Gasteiger partial charge in [0.1, 0.15) is 5.82 Å². The van der Waals surface area contributed by atoms with Crippen LogP contribution >= 0.6 is 12.4 Å². The van der Waals surface area contributed by atoms with Crippen molar-refractivity contribution in [3.8, 4) is 0 Å². The third-order valence-electron chi connectivity index (χ3n) is 6.14. The third-order valence-corrected chi connectivity index (χ3v) is 8.15. The molecule has 2 aliphatic rings. The van der Waals surface area contributed by atoms with Crippen molar-refractivity contribution in [1.29, 1.82) is 0 Å². The monoisotopic (exact) mass is 418 g/mol. The molecular formula is C19H28ClFN2O3S. The van der Waals surface area contributed by atoms with Crippen molar-refractivity contribution in [3.63, 3.8) is 0 Å². The van der Waals surface area contributed by atoms with Gasteiger partial charge in [-0.25, -0.2) is 12.8 Å². The lowest BCUT2D eigenvalue weighted by molar-refractivity contribution is -0.124. The fraction of sp³-hybridized carbons (Fsp3) is 0.632. The Balaban J connectivity index is 0.00000261. The SMILES string of the molecule is CS(=O)(=O)C1(C(=O)NCC2(c3ccc(F)cc3)CCCC2)CCNCC1.Cl. The van der Waals surface area contributed by atoms with Crippen LogP contribution in [0.25, 0.3) is 0 Å². The van der Waals surface area contributed by atoms with Gasteiger partial charge in [-0.1, -0.05) is 25.0 Å². The minimum Gasteiger partial charge on any atom is -0.354 e. The van der Waals surface area contributed by atoms with Gasteiger partial charge in [-0.3, -0.25) is 4.79 Å². The molecule has 3 rings (SSSR count). The van der Waals surface area contributed by atoms with Crippen LogP contribution in [0, 0.1) is 5.82 Å². The molecule has 0 spiro atoms. The summed E-state index contributed by atoms with van der Waals surface area (Å²) in [6.45, 7) is 1.43. The summed E-state index contributed by atoms with van der Waals surface area (Å²) in [6, 6.07) is 6.46. The number of hydrogen-bond acceptors (Lipinski definition) is 4. The summed E-state index contributed by atoms with van der Waals surface area (Å²) < 4.78 is 36.8. The number of carbonyl (C=O) groups excluding carboxylic acids is 1. The van der Waals surface area contributed by atoms with E-state index in [1.54, 1.807) is 12.1 Å². The van der Waals surface area contributed by atoms with Crippen LogP contribution in [-0.2, 0) is 20.0 Å². The molecule has 27 heavy (non-hydrogen) atoms. The molecule has 2 N–H and O–H groups in total.